The van der Waals surface area contributed by atoms with Gasteiger partial charge in [0.25, 0.3) is 0 Å². The van der Waals surface area contributed by atoms with E-state index in [0.29, 0.717) is 0 Å². The molecule has 3 heteroatoms. The average Bonchev–Trinajstić information content (AvgIpc) is 3.58. The molecule has 0 bridgehead atoms. The first-order valence-corrected chi connectivity index (χ1v) is 23.4. The number of aromatic nitrogens is 1. The van der Waals surface area contributed by atoms with E-state index in [1.807, 2.05) is 0 Å². The number of fused-ring (bicyclic) bond motifs is 4. The molecule has 0 amide bonds. The third kappa shape index (κ3) is 6.77. The lowest BCUT2D eigenvalue weighted by molar-refractivity contribution is 0.589. The number of benzene rings is 7. The Morgan fingerprint density at radius 3 is 1.59 bits per heavy atom. The summed E-state index contributed by atoms with van der Waals surface area (Å²) in [5.41, 5.74) is 24.4. The fourth-order valence-electron chi connectivity index (χ4n) is 10.3. The van der Waals surface area contributed by atoms with E-state index < -0.39 is 0 Å². The van der Waals surface area contributed by atoms with Crippen LogP contribution in [-0.4, -0.2) is 11.3 Å². The molecule has 2 nitrogen and oxygen atoms in total. The van der Waals surface area contributed by atoms with Crippen LogP contribution in [-0.2, 0) is 21.7 Å². The predicted octanol–water partition coefficient (Wildman–Crippen LogP) is 15.6. The number of nitrogens with zero attached hydrogens (tertiary/aromatic N) is 2. The van der Waals surface area contributed by atoms with Crippen molar-refractivity contribution in [1.29, 1.82) is 0 Å². The smallest absolute Gasteiger partial charge is 0.333 e. The Morgan fingerprint density at radius 1 is 0.422 bits per heavy atom. The maximum absolute atomic E-state index is 2.79. The van der Waals surface area contributed by atoms with Crippen molar-refractivity contribution in [3.05, 3.63) is 173 Å². The molecular weight excluding hydrogens is 771 g/mol. The Kier molecular flexibility index (Phi) is 9.49. The van der Waals surface area contributed by atoms with Crippen molar-refractivity contribution in [1.82, 2.24) is 4.48 Å². The molecule has 0 atom stereocenters. The van der Waals surface area contributed by atoms with E-state index in [1.54, 1.807) is 0 Å². The van der Waals surface area contributed by atoms with E-state index in [-0.39, 0.29) is 28.5 Å². The summed E-state index contributed by atoms with van der Waals surface area (Å²) in [5, 5.41) is 1.32. The Hall–Kier alpha value is -6.06. The summed E-state index contributed by atoms with van der Waals surface area (Å²) in [6.07, 6.45) is 0. The molecule has 64 heavy (non-hydrogen) atoms. The first-order valence-electron chi connectivity index (χ1n) is 23.4. The van der Waals surface area contributed by atoms with Crippen LogP contribution in [0.5, 0.6) is 0 Å². The van der Waals surface area contributed by atoms with Crippen LogP contribution in [0.4, 0.5) is 17.1 Å². The second-order valence-corrected chi connectivity index (χ2v) is 22.8. The van der Waals surface area contributed by atoms with Gasteiger partial charge in [0.1, 0.15) is 0 Å². The van der Waals surface area contributed by atoms with Crippen LogP contribution >= 0.6 is 0 Å². The Morgan fingerprint density at radius 2 is 0.969 bits per heavy atom. The van der Waals surface area contributed by atoms with Gasteiger partial charge in [-0.1, -0.05) is 192 Å². The van der Waals surface area contributed by atoms with Crippen molar-refractivity contribution >= 4 is 45.7 Å². The molecule has 0 N–H and O–H groups in total. The van der Waals surface area contributed by atoms with Gasteiger partial charge in [0.05, 0.1) is 0 Å². The van der Waals surface area contributed by atoms with E-state index >= 15 is 0 Å². The van der Waals surface area contributed by atoms with E-state index in [9.17, 15) is 0 Å². The van der Waals surface area contributed by atoms with Gasteiger partial charge >= 0.3 is 6.85 Å². The van der Waals surface area contributed by atoms with Gasteiger partial charge in [0.15, 0.2) is 0 Å². The van der Waals surface area contributed by atoms with Crippen LogP contribution in [0.25, 0.3) is 55.5 Å². The highest BCUT2D eigenvalue weighted by Gasteiger charge is 2.45. The largest absolute Gasteiger partial charge is 0.375 e. The highest BCUT2D eigenvalue weighted by Crippen LogP contribution is 2.52. The molecule has 7 aromatic carbocycles. The van der Waals surface area contributed by atoms with Crippen molar-refractivity contribution in [2.24, 2.45) is 0 Å². The number of hydrogen-bond acceptors (Lipinski definition) is 1. The number of anilines is 3. The Bertz CT molecular complexity index is 3120. The zero-order valence-electron chi connectivity index (χ0n) is 40.3. The fraction of sp³-hybridized carbons (Fsp3) is 0.279. The Balaban J connectivity index is 1.39. The van der Waals surface area contributed by atoms with Crippen LogP contribution in [0.3, 0.4) is 0 Å². The zero-order valence-corrected chi connectivity index (χ0v) is 40.3. The second-order valence-electron chi connectivity index (χ2n) is 22.8. The maximum atomic E-state index is 2.79. The lowest BCUT2D eigenvalue weighted by atomic mass is 9.44. The van der Waals surface area contributed by atoms with E-state index in [2.05, 4.69) is 245 Å². The van der Waals surface area contributed by atoms with Crippen molar-refractivity contribution in [2.75, 3.05) is 4.90 Å². The van der Waals surface area contributed by atoms with Crippen LogP contribution in [0, 0.1) is 6.92 Å². The normalized spacial score (nSPS) is 13.6. The maximum Gasteiger partial charge on any atom is 0.333 e. The van der Waals surface area contributed by atoms with Crippen LogP contribution in [0.15, 0.2) is 146 Å². The molecule has 0 saturated heterocycles. The molecular formula is C61H63BN2. The molecule has 0 saturated carbocycles. The molecule has 1 aromatic heterocycles. The highest BCUT2D eigenvalue weighted by atomic mass is 15.2. The second kappa shape index (κ2) is 14.5. The summed E-state index contributed by atoms with van der Waals surface area (Å²) in [7, 11) is 0. The van der Waals surface area contributed by atoms with Crippen LogP contribution in [0.2, 0.25) is 0 Å². The molecule has 2 aliphatic heterocycles. The SMILES string of the molecule is Cc1ccccc1-c1c(-c2ccc(-c3ccccc3)cc2)c2cc(C(C)(C)C)cc3c2n1B1c2cc(C(C)(C)C)ccc2N(c2ccc(C(C)(C)C)cc2)c2cc(C(C)(C)C)cc-3c21. The molecule has 3 heterocycles. The van der Waals surface area contributed by atoms with Gasteiger partial charge < -0.3 is 9.38 Å². The van der Waals surface area contributed by atoms with Crippen molar-refractivity contribution in [2.45, 2.75) is 112 Å². The fourth-order valence-corrected chi connectivity index (χ4v) is 10.3. The molecule has 320 valence electrons. The van der Waals surface area contributed by atoms with Gasteiger partial charge in [0.2, 0.25) is 0 Å². The molecule has 0 spiro atoms. The van der Waals surface area contributed by atoms with Gasteiger partial charge in [-0.3, -0.25) is 0 Å². The zero-order chi connectivity index (χ0) is 45.2. The third-order valence-corrected chi connectivity index (χ3v) is 14.2. The first-order chi connectivity index (χ1) is 30.2. The number of aryl methyl sites for hydroxylation is 1. The monoisotopic (exact) mass is 835 g/mol. The van der Waals surface area contributed by atoms with Crippen LogP contribution < -0.4 is 15.8 Å². The molecule has 0 fully saturated rings. The molecule has 0 radical (unpaired) electrons. The molecule has 0 unspecified atom stereocenters. The highest BCUT2D eigenvalue weighted by molar-refractivity contribution is 6.89. The third-order valence-electron chi connectivity index (χ3n) is 14.2. The standard InChI is InChI=1S/C61H63BN2/c1-38-19-17-18-22-47(38)57-54(41-25-23-40(24-26-41)39-20-15-14-16-21-39)50-35-44(60(8,9)10)34-49-48-33-45(61(11,12)13)37-53-55(48)62(64(57)56(49)50)51-36-43(59(5,6)7)29-32-52(51)63(53)46-30-27-42(28-31-46)58(2,3)4/h14-37H,1-13H3. The van der Waals surface area contributed by atoms with Crippen LogP contribution in [0.1, 0.15) is 111 Å². The summed E-state index contributed by atoms with van der Waals surface area (Å²) < 4.78 is 2.79. The number of hydrogen-bond donors (Lipinski definition) is 0. The molecule has 10 rings (SSSR count). The Labute approximate surface area is 383 Å². The summed E-state index contributed by atoms with van der Waals surface area (Å²) >= 11 is 0. The summed E-state index contributed by atoms with van der Waals surface area (Å²) in [4.78, 5) is 2.59. The topological polar surface area (TPSA) is 8.17 Å². The summed E-state index contributed by atoms with van der Waals surface area (Å²) in [6, 6.07) is 56.1. The summed E-state index contributed by atoms with van der Waals surface area (Å²) in [6.45, 7) is 30.4. The minimum atomic E-state index is -0.0860. The lowest BCUT2D eigenvalue weighted by Gasteiger charge is -2.42. The minimum absolute atomic E-state index is 0.0435. The van der Waals surface area contributed by atoms with E-state index in [1.165, 1.54) is 111 Å². The van der Waals surface area contributed by atoms with Gasteiger partial charge in [-0.15, -0.1) is 0 Å². The van der Waals surface area contributed by atoms with E-state index in [0.717, 1.165) is 0 Å². The average molecular weight is 835 g/mol. The number of rotatable bonds is 4. The van der Waals surface area contributed by atoms with Gasteiger partial charge in [0, 0.05) is 50.3 Å². The van der Waals surface area contributed by atoms with Gasteiger partial charge in [-0.25, -0.2) is 0 Å². The quantitative estimate of drug-likeness (QED) is 0.160. The van der Waals surface area contributed by atoms with Crippen molar-refractivity contribution in [3.8, 4) is 44.6 Å². The molecule has 2 aliphatic rings. The predicted molar refractivity (Wildman–Crippen MR) is 278 cm³/mol. The van der Waals surface area contributed by atoms with Gasteiger partial charge in [-0.2, -0.15) is 0 Å². The molecule has 0 aliphatic carbocycles. The lowest BCUT2D eigenvalue weighted by Crippen LogP contribution is -2.57. The molecule has 8 aromatic rings. The van der Waals surface area contributed by atoms with Crippen molar-refractivity contribution in [3.63, 3.8) is 0 Å². The van der Waals surface area contributed by atoms with Gasteiger partial charge in [-0.05, 0) is 126 Å². The minimum Gasteiger partial charge on any atom is -0.375 e. The van der Waals surface area contributed by atoms with E-state index in [4.69, 9.17) is 0 Å². The first kappa shape index (κ1) is 41.9. The van der Waals surface area contributed by atoms with Crippen molar-refractivity contribution < 1.29 is 0 Å². The summed E-state index contributed by atoms with van der Waals surface area (Å²) in [5.74, 6) is 0.